The summed E-state index contributed by atoms with van der Waals surface area (Å²) in [5.41, 5.74) is 0.874. The van der Waals surface area contributed by atoms with Gasteiger partial charge in [-0.1, -0.05) is 13.8 Å². The van der Waals surface area contributed by atoms with Crippen LogP contribution in [-0.4, -0.2) is 18.7 Å². The van der Waals surface area contributed by atoms with Gasteiger partial charge in [-0.3, -0.25) is 0 Å². The molecule has 0 radical (unpaired) electrons. The molecular weight excluding hydrogens is 205 g/mol. The molecule has 90 valence electrons. The number of benzene rings is 1. The van der Waals surface area contributed by atoms with Crippen LogP contribution in [0.25, 0.3) is 0 Å². The van der Waals surface area contributed by atoms with E-state index < -0.39 is 0 Å². The Morgan fingerprint density at radius 3 is 2.50 bits per heavy atom. The summed E-state index contributed by atoms with van der Waals surface area (Å²) < 4.78 is 18.7. The minimum Gasteiger partial charge on any atom is -0.489 e. The van der Waals surface area contributed by atoms with E-state index in [1.807, 2.05) is 19.9 Å². The first-order valence-electron chi connectivity index (χ1n) is 5.64. The highest BCUT2D eigenvalue weighted by Gasteiger charge is 2.06. The third-order valence-electron chi connectivity index (χ3n) is 2.17. The fraction of sp³-hybridized carbons (Fsp3) is 0.538. The van der Waals surface area contributed by atoms with E-state index in [2.05, 4.69) is 19.2 Å². The lowest BCUT2D eigenvalue weighted by atomic mass is 10.2. The Hall–Kier alpha value is -1.09. The normalized spacial score (nSPS) is 12.9. The number of halogens is 1. The van der Waals surface area contributed by atoms with Crippen molar-refractivity contribution in [1.82, 2.24) is 5.32 Å². The second-order valence-corrected chi connectivity index (χ2v) is 4.46. The van der Waals surface area contributed by atoms with E-state index in [4.69, 9.17) is 4.74 Å². The predicted molar refractivity (Wildman–Crippen MR) is 64.4 cm³/mol. The molecule has 0 amide bonds. The maximum atomic E-state index is 13.1. The summed E-state index contributed by atoms with van der Waals surface area (Å²) in [4.78, 5) is 0. The molecule has 0 aliphatic carbocycles. The number of rotatable bonds is 5. The van der Waals surface area contributed by atoms with Gasteiger partial charge in [0, 0.05) is 18.7 Å². The maximum Gasteiger partial charge on any atom is 0.127 e. The van der Waals surface area contributed by atoms with Crippen LogP contribution in [0.5, 0.6) is 5.75 Å². The smallest absolute Gasteiger partial charge is 0.127 e. The van der Waals surface area contributed by atoms with Gasteiger partial charge >= 0.3 is 0 Å². The monoisotopic (exact) mass is 225 g/mol. The number of aryl methyl sites for hydroxylation is 1. The Bertz CT molecular complexity index is 318. The van der Waals surface area contributed by atoms with Crippen molar-refractivity contribution in [3.63, 3.8) is 0 Å². The van der Waals surface area contributed by atoms with Crippen molar-refractivity contribution in [3.05, 3.63) is 29.6 Å². The molecule has 1 N–H and O–H groups in total. The molecule has 1 aromatic carbocycles. The molecule has 0 aliphatic heterocycles. The first-order chi connectivity index (χ1) is 7.47. The second kappa shape index (κ2) is 5.85. The van der Waals surface area contributed by atoms with Gasteiger partial charge in [0.25, 0.3) is 0 Å². The summed E-state index contributed by atoms with van der Waals surface area (Å²) in [6.07, 6.45) is 0.0311. The zero-order valence-electron chi connectivity index (χ0n) is 10.4. The largest absolute Gasteiger partial charge is 0.489 e. The summed E-state index contributed by atoms with van der Waals surface area (Å²) in [7, 11) is 0. The Morgan fingerprint density at radius 2 is 1.94 bits per heavy atom. The lowest BCUT2D eigenvalue weighted by molar-refractivity contribution is 0.212. The summed E-state index contributed by atoms with van der Waals surface area (Å²) in [6, 6.07) is 5.18. The van der Waals surface area contributed by atoms with Gasteiger partial charge in [-0.25, -0.2) is 4.39 Å². The second-order valence-electron chi connectivity index (χ2n) is 4.46. The predicted octanol–water partition coefficient (Wildman–Crippen LogP) is 2.90. The highest BCUT2D eigenvalue weighted by Crippen LogP contribution is 2.16. The van der Waals surface area contributed by atoms with Crippen molar-refractivity contribution < 1.29 is 9.13 Å². The van der Waals surface area contributed by atoms with Crippen LogP contribution in [0.1, 0.15) is 26.3 Å². The highest BCUT2D eigenvalue weighted by atomic mass is 19.1. The fourth-order valence-corrected chi connectivity index (χ4v) is 1.45. The van der Waals surface area contributed by atoms with E-state index in [1.54, 1.807) is 0 Å². The molecule has 0 saturated heterocycles. The van der Waals surface area contributed by atoms with Crippen LogP contribution in [0.3, 0.4) is 0 Å². The van der Waals surface area contributed by atoms with Crippen LogP contribution >= 0.6 is 0 Å². The molecule has 0 fully saturated rings. The van der Waals surface area contributed by atoms with E-state index in [0.29, 0.717) is 11.8 Å². The molecule has 3 heteroatoms. The van der Waals surface area contributed by atoms with Gasteiger partial charge in [-0.15, -0.1) is 0 Å². The van der Waals surface area contributed by atoms with Gasteiger partial charge in [0.2, 0.25) is 0 Å². The van der Waals surface area contributed by atoms with Crippen molar-refractivity contribution in [2.45, 2.75) is 39.8 Å². The van der Waals surface area contributed by atoms with Crippen LogP contribution < -0.4 is 10.1 Å². The third-order valence-corrected chi connectivity index (χ3v) is 2.17. The Kier molecular flexibility index (Phi) is 4.74. The topological polar surface area (TPSA) is 21.3 Å². The molecule has 0 bridgehead atoms. The van der Waals surface area contributed by atoms with Crippen molar-refractivity contribution >= 4 is 0 Å². The zero-order valence-corrected chi connectivity index (χ0v) is 10.4. The van der Waals surface area contributed by atoms with Gasteiger partial charge in [-0.05, 0) is 31.5 Å². The van der Waals surface area contributed by atoms with Crippen LogP contribution in [0.4, 0.5) is 4.39 Å². The van der Waals surface area contributed by atoms with Crippen molar-refractivity contribution in [1.29, 1.82) is 0 Å². The SMILES string of the molecule is Cc1cc(F)cc(O[C@H](C)CNC(C)C)c1. The van der Waals surface area contributed by atoms with E-state index in [1.165, 1.54) is 12.1 Å². The van der Waals surface area contributed by atoms with Gasteiger partial charge in [0.05, 0.1) is 0 Å². The molecule has 1 atom stereocenters. The van der Waals surface area contributed by atoms with E-state index in [9.17, 15) is 4.39 Å². The molecule has 0 heterocycles. The lowest BCUT2D eigenvalue weighted by Gasteiger charge is -2.17. The average Bonchev–Trinajstić information content (AvgIpc) is 2.12. The Labute approximate surface area is 96.8 Å². The van der Waals surface area contributed by atoms with E-state index in [-0.39, 0.29) is 11.9 Å². The molecule has 2 nitrogen and oxygen atoms in total. The standard InChI is InChI=1S/C13H20FNO/c1-9(2)15-8-11(4)16-13-6-10(3)5-12(14)7-13/h5-7,9,11,15H,8H2,1-4H3/t11-/m1/s1. The third kappa shape index (κ3) is 4.62. The fourth-order valence-electron chi connectivity index (χ4n) is 1.45. The molecule has 1 rings (SSSR count). The first kappa shape index (κ1) is 13.0. The number of hydrogen-bond donors (Lipinski definition) is 1. The maximum absolute atomic E-state index is 13.1. The highest BCUT2D eigenvalue weighted by molar-refractivity contribution is 5.28. The lowest BCUT2D eigenvalue weighted by Crippen LogP contribution is -2.33. The van der Waals surface area contributed by atoms with Gasteiger partial charge < -0.3 is 10.1 Å². The summed E-state index contributed by atoms with van der Waals surface area (Å²) in [5, 5.41) is 3.28. The van der Waals surface area contributed by atoms with Crippen molar-refractivity contribution in [2.24, 2.45) is 0 Å². The van der Waals surface area contributed by atoms with Gasteiger partial charge in [0.1, 0.15) is 17.7 Å². The summed E-state index contributed by atoms with van der Waals surface area (Å²) in [6.45, 7) is 8.74. The minimum absolute atomic E-state index is 0.0311. The molecule has 1 aromatic rings. The zero-order chi connectivity index (χ0) is 12.1. The van der Waals surface area contributed by atoms with Crippen LogP contribution in [0.15, 0.2) is 18.2 Å². The van der Waals surface area contributed by atoms with E-state index in [0.717, 1.165) is 12.1 Å². The molecule has 16 heavy (non-hydrogen) atoms. The van der Waals surface area contributed by atoms with Crippen molar-refractivity contribution in [2.75, 3.05) is 6.54 Å². The Morgan fingerprint density at radius 1 is 1.25 bits per heavy atom. The quantitative estimate of drug-likeness (QED) is 0.832. The van der Waals surface area contributed by atoms with Gasteiger partial charge in [-0.2, -0.15) is 0 Å². The van der Waals surface area contributed by atoms with E-state index >= 15 is 0 Å². The molecule has 0 aliphatic rings. The number of hydrogen-bond acceptors (Lipinski definition) is 2. The molecular formula is C13H20FNO. The number of nitrogens with one attached hydrogen (secondary N) is 1. The summed E-state index contributed by atoms with van der Waals surface area (Å²) in [5.74, 6) is 0.342. The van der Waals surface area contributed by atoms with Crippen molar-refractivity contribution in [3.8, 4) is 5.75 Å². The number of ether oxygens (including phenoxy) is 1. The van der Waals surface area contributed by atoms with Crippen LogP contribution in [0.2, 0.25) is 0 Å². The minimum atomic E-state index is -0.251. The Balaban J connectivity index is 2.52. The first-order valence-corrected chi connectivity index (χ1v) is 5.64. The van der Waals surface area contributed by atoms with Crippen LogP contribution in [0, 0.1) is 12.7 Å². The molecule has 0 aromatic heterocycles. The van der Waals surface area contributed by atoms with Gasteiger partial charge in [0.15, 0.2) is 0 Å². The average molecular weight is 225 g/mol. The molecule has 0 unspecified atom stereocenters. The van der Waals surface area contributed by atoms with Crippen LogP contribution in [-0.2, 0) is 0 Å². The molecule has 0 spiro atoms. The summed E-state index contributed by atoms with van der Waals surface area (Å²) >= 11 is 0. The molecule has 0 saturated carbocycles.